The Bertz CT molecular complexity index is 560. The lowest BCUT2D eigenvalue weighted by atomic mass is 10.2. The van der Waals surface area contributed by atoms with Crippen LogP contribution in [-0.2, 0) is 4.79 Å². The summed E-state index contributed by atoms with van der Waals surface area (Å²) in [6.45, 7) is 5.64. The van der Waals surface area contributed by atoms with Crippen molar-refractivity contribution in [2.45, 2.75) is 45.4 Å². The molecule has 1 saturated heterocycles. The van der Waals surface area contributed by atoms with E-state index in [1.54, 1.807) is 0 Å². The van der Waals surface area contributed by atoms with Gasteiger partial charge in [-0.05, 0) is 20.8 Å². The van der Waals surface area contributed by atoms with Gasteiger partial charge < -0.3 is 20.4 Å². The van der Waals surface area contributed by atoms with Crippen LogP contribution < -0.4 is 5.32 Å². The Morgan fingerprint density at radius 3 is 2.67 bits per heavy atom. The van der Waals surface area contributed by atoms with E-state index in [4.69, 9.17) is 5.11 Å². The third-order valence-corrected chi connectivity index (χ3v) is 4.75. The van der Waals surface area contributed by atoms with E-state index in [1.807, 2.05) is 20.8 Å². The van der Waals surface area contributed by atoms with Crippen molar-refractivity contribution in [3.05, 3.63) is 15.6 Å². The van der Waals surface area contributed by atoms with Gasteiger partial charge in [0.05, 0.1) is 22.8 Å². The zero-order chi connectivity index (χ0) is 15.7. The van der Waals surface area contributed by atoms with E-state index in [0.29, 0.717) is 0 Å². The van der Waals surface area contributed by atoms with Gasteiger partial charge in [-0.3, -0.25) is 0 Å². The summed E-state index contributed by atoms with van der Waals surface area (Å²) in [5, 5.41) is 22.4. The summed E-state index contributed by atoms with van der Waals surface area (Å²) < 4.78 is 0. The molecule has 1 aliphatic heterocycles. The summed E-state index contributed by atoms with van der Waals surface area (Å²) in [6, 6.07) is -1.70. The molecule has 3 N–H and O–H groups in total. The SMILES string of the molecule is Cc1nc(C)c(C(C)NC(=O)N2CC(O)C[C@H]2C(=O)O)s1. The first-order valence-electron chi connectivity index (χ1n) is 6.71. The molecule has 0 aromatic carbocycles. The van der Waals surface area contributed by atoms with Crippen LogP contribution in [0.3, 0.4) is 0 Å². The number of urea groups is 1. The second-order valence-electron chi connectivity index (χ2n) is 5.25. The second kappa shape index (κ2) is 5.98. The molecule has 2 rings (SSSR count). The molecule has 1 fully saturated rings. The number of aromatic nitrogens is 1. The van der Waals surface area contributed by atoms with Crippen molar-refractivity contribution in [2.75, 3.05) is 6.54 Å². The van der Waals surface area contributed by atoms with Crippen LogP contribution in [-0.4, -0.2) is 50.8 Å². The number of β-amino-alcohol motifs (C(OH)–C–C–N with tert-alkyl or cyclic N) is 1. The van der Waals surface area contributed by atoms with Gasteiger partial charge in [0, 0.05) is 17.8 Å². The molecule has 0 aliphatic carbocycles. The minimum atomic E-state index is -1.10. The average Bonchev–Trinajstić information content (AvgIpc) is 2.92. The fraction of sp³-hybridized carbons (Fsp3) is 0.615. The molecular weight excluding hydrogens is 294 g/mol. The van der Waals surface area contributed by atoms with Crippen LogP contribution in [0.15, 0.2) is 0 Å². The third kappa shape index (κ3) is 3.33. The van der Waals surface area contributed by atoms with Gasteiger partial charge >= 0.3 is 12.0 Å². The number of carbonyl (C=O) groups is 2. The van der Waals surface area contributed by atoms with Crippen LogP contribution in [0.4, 0.5) is 4.79 Å². The second-order valence-corrected chi connectivity index (χ2v) is 6.48. The molecular formula is C13H19N3O4S. The Morgan fingerprint density at radius 1 is 1.48 bits per heavy atom. The number of aliphatic hydroxyl groups is 1. The summed E-state index contributed by atoms with van der Waals surface area (Å²) in [6.07, 6.45) is -0.727. The number of likely N-dealkylation sites (tertiary alicyclic amines) is 1. The number of carboxylic acid groups (broad SMARTS) is 1. The fourth-order valence-electron chi connectivity index (χ4n) is 2.55. The number of hydrogen-bond donors (Lipinski definition) is 3. The Labute approximate surface area is 126 Å². The van der Waals surface area contributed by atoms with Crippen molar-refractivity contribution in [2.24, 2.45) is 0 Å². The molecule has 0 radical (unpaired) electrons. The lowest BCUT2D eigenvalue weighted by molar-refractivity contribution is -0.141. The number of carboxylic acids is 1. The molecule has 1 aromatic rings. The molecule has 8 heteroatoms. The molecule has 0 saturated carbocycles. The summed E-state index contributed by atoms with van der Waals surface area (Å²) in [5.41, 5.74) is 0.863. The largest absolute Gasteiger partial charge is 0.480 e. The molecule has 2 heterocycles. The van der Waals surface area contributed by atoms with E-state index in [1.165, 1.54) is 16.2 Å². The van der Waals surface area contributed by atoms with Gasteiger partial charge in [0.15, 0.2) is 0 Å². The number of hydrogen-bond acceptors (Lipinski definition) is 5. The first-order valence-corrected chi connectivity index (χ1v) is 7.53. The fourth-order valence-corrected chi connectivity index (χ4v) is 3.48. The van der Waals surface area contributed by atoms with Crippen LogP contribution in [0.2, 0.25) is 0 Å². The number of aliphatic carboxylic acids is 1. The molecule has 3 atom stereocenters. The topological polar surface area (TPSA) is 103 Å². The van der Waals surface area contributed by atoms with Crippen LogP contribution in [0.5, 0.6) is 0 Å². The zero-order valence-corrected chi connectivity index (χ0v) is 13.0. The monoisotopic (exact) mass is 313 g/mol. The Kier molecular flexibility index (Phi) is 4.48. The van der Waals surface area contributed by atoms with Crippen molar-refractivity contribution in [1.29, 1.82) is 0 Å². The first kappa shape index (κ1) is 15.7. The summed E-state index contributed by atoms with van der Waals surface area (Å²) in [7, 11) is 0. The summed E-state index contributed by atoms with van der Waals surface area (Å²) in [4.78, 5) is 29.8. The number of thiazole rings is 1. The van der Waals surface area contributed by atoms with Gasteiger partial charge in [-0.25, -0.2) is 14.6 Å². The Morgan fingerprint density at radius 2 is 2.14 bits per heavy atom. The standard InChI is InChI=1S/C13H19N3O4S/c1-6-11(21-8(3)14-6)7(2)15-13(20)16-5-9(17)4-10(16)12(18)19/h7,9-10,17H,4-5H2,1-3H3,(H,15,20)(H,18,19)/t7?,9?,10-/m0/s1. The van der Waals surface area contributed by atoms with E-state index >= 15 is 0 Å². The predicted molar refractivity (Wildman–Crippen MR) is 77.3 cm³/mol. The number of amides is 2. The smallest absolute Gasteiger partial charge is 0.326 e. The lowest BCUT2D eigenvalue weighted by Crippen LogP contribution is -2.46. The highest BCUT2D eigenvalue weighted by molar-refractivity contribution is 7.11. The lowest BCUT2D eigenvalue weighted by Gasteiger charge is -2.24. The normalized spacial score (nSPS) is 23.1. The van der Waals surface area contributed by atoms with Crippen molar-refractivity contribution in [3.63, 3.8) is 0 Å². The number of nitrogens with one attached hydrogen (secondary N) is 1. The van der Waals surface area contributed by atoms with Gasteiger partial charge in [0.1, 0.15) is 6.04 Å². The number of nitrogens with zero attached hydrogens (tertiary/aromatic N) is 2. The average molecular weight is 313 g/mol. The highest BCUT2D eigenvalue weighted by Crippen LogP contribution is 2.25. The molecule has 0 bridgehead atoms. The maximum atomic E-state index is 12.2. The van der Waals surface area contributed by atoms with Crippen LogP contribution >= 0.6 is 11.3 Å². The van der Waals surface area contributed by atoms with Crippen molar-refractivity contribution in [3.8, 4) is 0 Å². The van der Waals surface area contributed by atoms with E-state index in [9.17, 15) is 14.7 Å². The van der Waals surface area contributed by atoms with Gasteiger partial charge in [0.2, 0.25) is 0 Å². The molecule has 1 aliphatic rings. The van der Waals surface area contributed by atoms with Crippen LogP contribution in [0.25, 0.3) is 0 Å². The highest BCUT2D eigenvalue weighted by atomic mass is 32.1. The quantitative estimate of drug-likeness (QED) is 0.774. The van der Waals surface area contributed by atoms with E-state index in [2.05, 4.69) is 10.3 Å². The molecule has 7 nitrogen and oxygen atoms in total. The van der Waals surface area contributed by atoms with Crippen LogP contribution in [0, 0.1) is 13.8 Å². The summed E-state index contributed by atoms with van der Waals surface area (Å²) >= 11 is 1.50. The maximum Gasteiger partial charge on any atom is 0.326 e. The number of aliphatic hydroxyl groups excluding tert-OH is 1. The molecule has 21 heavy (non-hydrogen) atoms. The van der Waals surface area contributed by atoms with Crippen molar-refractivity contribution < 1.29 is 19.8 Å². The number of rotatable bonds is 3. The van der Waals surface area contributed by atoms with Crippen molar-refractivity contribution in [1.82, 2.24) is 15.2 Å². The van der Waals surface area contributed by atoms with E-state index < -0.39 is 24.1 Å². The van der Waals surface area contributed by atoms with Gasteiger partial charge in [-0.2, -0.15) is 0 Å². The van der Waals surface area contributed by atoms with Gasteiger partial charge in [0.25, 0.3) is 0 Å². The van der Waals surface area contributed by atoms with E-state index in [-0.39, 0.29) is 19.0 Å². The first-order chi connectivity index (χ1) is 9.79. The molecule has 2 unspecified atom stereocenters. The maximum absolute atomic E-state index is 12.2. The minimum absolute atomic E-state index is 0.0379. The number of aryl methyl sites for hydroxylation is 2. The highest BCUT2D eigenvalue weighted by Gasteiger charge is 2.39. The Hall–Kier alpha value is -1.67. The molecule has 2 amide bonds. The Balaban J connectivity index is 2.07. The predicted octanol–water partition coefficient (Wildman–Crippen LogP) is 1.05. The molecule has 1 aromatic heterocycles. The van der Waals surface area contributed by atoms with Gasteiger partial charge in [-0.15, -0.1) is 11.3 Å². The zero-order valence-electron chi connectivity index (χ0n) is 12.2. The van der Waals surface area contributed by atoms with Crippen molar-refractivity contribution >= 4 is 23.3 Å². The molecule has 0 spiro atoms. The van der Waals surface area contributed by atoms with E-state index in [0.717, 1.165) is 15.6 Å². The third-order valence-electron chi connectivity index (χ3n) is 3.50. The van der Waals surface area contributed by atoms with Gasteiger partial charge in [-0.1, -0.05) is 0 Å². The molecule has 116 valence electrons. The number of carbonyl (C=O) groups excluding carboxylic acids is 1. The summed E-state index contributed by atoms with van der Waals surface area (Å²) in [5.74, 6) is -1.10. The van der Waals surface area contributed by atoms with Crippen LogP contribution in [0.1, 0.15) is 35.0 Å². The minimum Gasteiger partial charge on any atom is -0.480 e.